The van der Waals surface area contributed by atoms with Crippen molar-refractivity contribution in [1.29, 1.82) is 0 Å². The average Bonchev–Trinajstić information content (AvgIpc) is 2.96. The molecule has 0 unspecified atom stereocenters. The number of nitrogens with one attached hydrogen (secondary N) is 2. The van der Waals surface area contributed by atoms with Gasteiger partial charge in [0.15, 0.2) is 0 Å². The van der Waals surface area contributed by atoms with Crippen molar-refractivity contribution in [2.24, 2.45) is 7.05 Å². The SMILES string of the molecule is Cc1c(NC(=O)c2ccc(C(C)(C)C)cc2)cccc1-c1cc(Nc2ccnc(N3CCN(C)CC3)n2)c(=O)n(C)n1. The molecule has 0 aliphatic carbocycles. The van der Waals surface area contributed by atoms with Gasteiger partial charge in [-0.05, 0) is 60.8 Å². The number of carbonyl (C=O) groups is 1. The first-order valence-electron chi connectivity index (χ1n) is 14.1. The number of likely N-dealkylation sites (N-methyl/N-ethyl adjacent to an activating group) is 1. The average molecular weight is 567 g/mol. The molecule has 0 atom stereocenters. The highest BCUT2D eigenvalue weighted by Crippen LogP contribution is 2.29. The van der Waals surface area contributed by atoms with Crippen LogP contribution in [-0.4, -0.2) is 63.8 Å². The van der Waals surface area contributed by atoms with E-state index < -0.39 is 0 Å². The van der Waals surface area contributed by atoms with E-state index in [0.29, 0.717) is 34.4 Å². The fraction of sp³-hybridized carbons (Fsp3) is 0.344. The first-order valence-corrected chi connectivity index (χ1v) is 14.1. The lowest BCUT2D eigenvalue weighted by Gasteiger charge is -2.32. The second-order valence-electron chi connectivity index (χ2n) is 11.8. The number of aryl methyl sites for hydroxylation is 1. The first-order chi connectivity index (χ1) is 20.0. The molecule has 2 aromatic heterocycles. The van der Waals surface area contributed by atoms with Gasteiger partial charge in [0.1, 0.15) is 11.5 Å². The zero-order valence-corrected chi connectivity index (χ0v) is 25.1. The van der Waals surface area contributed by atoms with E-state index in [4.69, 9.17) is 0 Å². The third-order valence-electron chi connectivity index (χ3n) is 7.63. The Bertz CT molecular complexity index is 1650. The predicted octanol–water partition coefficient (Wildman–Crippen LogP) is 4.59. The molecular weight excluding hydrogens is 528 g/mol. The number of hydrogen-bond acceptors (Lipinski definition) is 8. The van der Waals surface area contributed by atoms with Gasteiger partial charge in [-0.1, -0.05) is 45.0 Å². The largest absolute Gasteiger partial charge is 0.338 e. The maximum Gasteiger partial charge on any atom is 0.290 e. The number of amides is 1. The van der Waals surface area contributed by atoms with Crippen LogP contribution in [0.5, 0.6) is 0 Å². The predicted molar refractivity (Wildman–Crippen MR) is 168 cm³/mol. The summed E-state index contributed by atoms with van der Waals surface area (Å²) in [6.07, 6.45) is 1.70. The van der Waals surface area contributed by atoms with Gasteiger partial charge in [-0.15, -0.1) is 0 Å². The fourth-order valence-electron chi connectivity index (χ4n) is 4.91. The Labute approximate surface area is 246 Å². The van der Waals surface area contributed by atoms with E-state index in [0.717, 1.165) is 37.3 Å². The molecule has 1 aliphatic heterocycles. The number of benzene rings is 2. The van der Waals surface area contributed by atoms with Crippen molar-refractivity contribution in [3.63, 3.8) is 0 Å². The van der Waals surface area contributed by atoms with Gasteiger partial charge < -0.3 is 20.4 Å². The van der Waals surface area contributed by atoms with Crippen LogP contribution in [0.25, 0.3) is 11.3 Å². The Kier molecular flexibility index (Phi) is 8.08. The molecule has 0 bridgehead atoms. The Morgan fingerprint density at radius 2 is 1.64 bits per heavy atom. The minimum Gasteiger partial charge on any atom is -0.338 e. The van der Waals surface area contributed by atoms with Crippen LogP contribution in [0, 0.1) is 6.92 Å². The topological polar surface area (TPSA) is 108 Å². The number of anilines is 4. The van der Waals surface area contributed by atoms with E-state index >= 15 is 0 Å². The molecule has 1 fully saturated rings. The second-order valence-corrected chi connectivity index (χ2v) is 11.8. The third kappa shape index (κ3) is 6.33. The van der Waals surface area contributed by atoms with Crippen LogP contribution in [0.4, 0.5) is 23.1 Å². The third-order valence-corrected chi connectivity index (χ3v) is 7.63. The molecule has 2 aromatic carbocycles. The van der Waals surface area contributed by atoms with Crippen molar-refractivity contribution >= 4 is 29.0 Å². The van der Waals surface area contributed by atoms with Crippen LogP contribution in [0.1, 0.15) is 42.3 Å². The summed E-state index contributed by atoms with van der Waals surface area (Å²) in [4.78, 5) is 39.7. The van der Waals surface area contributed by atoms with E-state index in [1.807, 2.05) is 49.4 Å². The molecule has 218 valence electrons. The minimum absolute atomic E-state index is 0.0107. The lowest BCUT2D eigenvalue weighted by molar-refractivity contribution is 0.102. The van der Waals surface area contributed by atoms with Crippen LogP contribution in [0.2, 0.25) is 0 Å². The Morgan fingerprint density at radius 1 is 0.929 bits per heavy atom. The number of hydrogen-bond donors (Lipinski definition) is 2. The molecule has 0 saturated carbocycles. The molecule has 42 heavy (non-hydrogen) atoms. The summed E-state index contributed by atoms with van der Waals surface area (Å²) in [7, 11) is 3.72. The summed E-state index contributed by atoms with van der Waals surface area (Å²) >= 11 is 0. The van der Waals surface area contributed by atoms with Gasteiger partial charge in [0.2, 0.25) is 5.95 Å². The maximum atomic E-state index is 13.1. The zero-order valence-electron chi connectivity index (χ0n) is 25.1. The zero-order chi connectivity index (χ0) is 30.0. The molecule has 10 heteroatoms. The molecule has 1 aliphatic rings. The van der Waals surface area contributed by atoms with Crippen LogP contribution in [-0.2, 0) is 12.5 Å². The Morgan fingerprint density at radius 3 is 2.33 bits per heavy atom. The van der Waals surface area contributed by atoms with E-state index in [2.05, 4.69) is 63.3 Å². The van der Waals surface area contributed by atoms with E-state index in [1.54, 1.807) is 25.4 Å². The summed E-state index contributed by atoms with van der Waals surface area (Å²) in [5.41, 5.74) is 4.74. The van der Waals surface area contributed by atoms with Crippen molar-refractivity contribution < 1.29 is 4.79 Å². The summed E-state index contributed by atoms with van der Waals surface area (Å²) in [6.45, 7) is 11.9. The molecule has 0 radical (unpaired) electrons. The van der Waals surface area contributed by atoms with E-state index in [-0.39, 0.29) is 16.9 Å². The fourth-order valence-corrected chi connectivity index (χ4v) is 4.91. The van der Waals surface area contributed by atoms with Gasteiger partial charge in [-0.25, -0.2) is 9.67 Å². The van der Waals surface area contributed by atoms with E-state index in [1.165, 1.54) is 10.2 Å². The number of rotatable bonds is 6. The highest BCUT2D eigenvalue weighted by molar-refractivity contribution is 6.05. The van der Waals surface area contributed by atoms with Crippen molar-refractivity contribution in [1.82, 2.24) is 24.6 Å². The molecule has 1 amide bonds. The highest BCUT2D eigenvalue weighted by atomic mass is 16.1. The van der Waals surface area contributed by atoms with Crippen LogP contribution < -0.4 is 21.1 Å². The van der Waals surface area contributed by atoms with Crippen LogP contribution in [0.3, 0.4) is 0 Å². The lowest BCUT2D eigenvalue weighted by Crippen LogP contribution is -2.45. The summed E-state index contributed by atoms with van der Waals surface area (Å²) < 4.78 is 1.31. The van der Waals surface area contributed by atoms with Crippen molar-refractivity contribution in [2.75, 3.05) is 48.8 Å². The number of piperazine rings is 1. The van der Waals surface area contributed by atoms with Gasteiger partial charge in [0.05, 0.1) is 5.69 Å². The molecule has 4 aromatic rings. The summed E-state index contributed by atoms with van der Waals surface area (Å²) in [5, 5.41) is 10.7. The number of carbonyl (C=O) groups excluding carboxylic acids is 1. The standard InChI is InChI=1S/C32H38N8O2/c1-21-24(8-7-9-25(21)35-29(41)22-10-12-23(13-11-22)32(2,3)4)26-20-27(30(42)39(6)37-26)34-28-14-15-33-31(36-28)40-18-16-38(5)17-19-40/h7-15,20H,16-19H2,1-6H3,(H,35,41)(H,33,34,36). The van der Waals surface area contributed by atoms with E-state index in [9.17, 15) is 9.59 Å². The molecule has 0 spiro atoms. The molecular formula is C32H38N8O2. The van der Waals surface area contributed by atoms with Crippen LogP contribution >= 0.6 is 0 Å². The number of aromatic nitrogens is 4. The monoisotopic (exact) mass is 566 g/mol. The highest BCUT2D eigenvalue weighted by Gasteiger charge is 2.19. The normalized spacial score (nSPS) is 14.1. The van der Waals surface area contributed by atoms with Gasteiger partial charge >= 0.3 is 0 Å². The summed E-state index contributed by atoms with van der Waals surface area (Å²) in [5.74, 6) is 0.973. The number of nitrogens with zero attached hydrogens (tertiary/aromatic N) is 6. The minimum atomic E-state index is -0.278. The van der Waals surface area contributed by atoms with Crippen molar-refractivity contribution in [3.05, 3.63) is 87.8 Å². The van der Waals surface area contributed by atoms with Gasteiger partial charge in [0.25, 0.3) is 11.5 Å². The Balaban J connectivity index is 1.39. The van der Waals surface area contributed by atoms with Gasteiger partial charge in [-0.3, -0.25) is 9.59 Å². The van der Waals surface area contributed by atoms with Crippen LogP contribution in [0.15, 0.2) is 65.6 Å². The first kappa shape index (κ1) is 28.9. The molecule has 3 heterocycles. The molecule has 1 saturated heterocycles. The lowest BCUT2D eigenvalue weighted by atomic mass is 9.86. The molecule has 2 N–H and O–H groups in total. The Hall–Kier alpha value is -4.57. The van der Waals surface area contributed by atoms with Gasteiger partial charge in [0, 0.05) is 56.2 Å². The molecule has 5 rings (SSSR count). The summed E-state index contributed by atoms with van der Waals surface area (Å²) in [6, 6.07) is 16.8. The maximum absolute atomic E-state index is 13.1. The quantitative estimate of drug-likeness (QED) is 0.349. The van der Waals surface area contributed by atoms with Gasteiger partial charge in [-0.2, -0.15) is 10.1 Å². The van der Waals surface area contributed by atoms with Crippen molar-refractivity contribution in [2.45, 2.75) is 33.1 Å². The van der Waals surface area contributed by atoms with Crippen molar-refractivity contribution in [3.8, 4) is 11.3 Å². The smallest absolute Gasteiger partial charge is 0.290 e. The molecule has 10 nitrogen and oxygen atoms in total. The second kappa shape index (κ2) is 11.7.